The number of likely N-dealkylation sites (N-methyl/N-ethyl adjacent to an activating group) is 2. The molecule has 0 aliphatic heterocycles. The van der Waals surface area contributed by atoms with Crippen molar-refractivity contribution in [2.75, 3.05) is 34.7 Å². The van der Waals surface area contributed by atoms with Gasteiger partial charge in [-0.3, -0.25) is 14.5 Å². The van der Waals surface area contributed by atoms with Crippen LogP contribution in [0.4, 0.5) is 0 Å². The fourth-order valence-corrected chi connectivity index (χ4v) is 2.24. The Morgan fingerprint density at radius 2 is 1.81 bits per heavy atom. The molecule has 0 aliphatic rings. The molecule has 5 heteroatoms. The number of hydrogen-bond acceptors (Lipinski definition) is 3. The van der Waals surface area contributed by atoms with E-state index in [4.69, 9.17) is 0 Å². The molecule has 0 fully saturated rings. The number of hydrogen-bond donors (Lipinski definition) is 1. The molecule has 1 rings (SSSR count). The van der Waals surface area contributed by atoms with Gasteiger partial charge in [-0.15, -0.1) is 0 Å². The lowest BCUT2D eigenvalue weighted by Gasteiger charge is -2.29. The van der Waals surface area contributed by atoms with Gasteiger partial charge in [0.25, 0.3) is 0 Å². The lowest BCUT2D eigenvalue weighted by atomic mass is 9.99. The summed E-state index contributed by atoms with van der Waals surface area (Å²) in [6, 6.07) is 7.55. The number of amides is 2. The van der Waals surface area contributed by atoms with Crippen LogP contribution in [0, 0.1) is 6.92 Å². The van der Waals surface area contributed by atoms with Crippen molar-refractivity contribution in [3.8, 4) is 0 Å². The van der Waals surface area contributed by atoms with Gasteiger partial charge in [-0.1, -0.05) is 24.3 Å². The van der Waals surface area contributed by atoms with Crippen LogP contribution in [-0.2, 0) is 9.59 Å². The molecule has 1 N–H and O–H groups in total. The molecular weight excluding hydrogens is 266 g/mol. The minimum atomic E-state index is -0.333. The zero-order valence-electron chi connectivity index (χ0n) is 13.5. The average Bonchev–Trinajstić information content (AvgIpc) is 2.46. The van der Waals surface area contributed by atoms with Gasteiger partial charge in [0.1, 0.15) is 6.04 Å². The summed E-state index contributed by atoms with van der Waals surface area (Å²) in [5.41, 5.74) is 2.09. The molecule has 116 valence electrons. The van der Waals surface area contributed by atoms with E-state index in [-0.39, 0.29) is 17.9 Å². The fourth-order valence-electron chi connectivity index (χ4n) is 2.24. The topological polar surface area (TPSA) is 52.7 Å². The highest BCUT2D eigenvalue weighted by molar-refractivity contribution is 5.84. The molecule has 0 saturated heterocycles. The Labute approximate surface area is 126 Å². The van der Waals surface area contributed by atoms with Gasteiger partial charge in [0.05, 0.1) is 0 Å². The Morgan fingerprint density at radius 3 is 2.33 bits per heavy atom. The molecule has 0 spiro atoms. The zero-order valence-corrected chi connectivity index (χ0v) is 13.5. The van der Waals surface area contributed by atoms with Crippen LogP contribution in [0.3, 0.4) is 0 Å². The van der Waals surface area contributed by atoms with Crippen LogP contribution < -0.4 is 5.32 Å². The summed E-state index contributed by atoms with van der Waals surface area (Å²) in [6.07, 6.45) is 0.312. The van der Waals surface area contributed by atoms with E-state index in [9.17, 15) is 9.59 Å². The first kappa shape index (κ1) is 17.2. The van der Waals surface area contributed by atoms with Crippen molar-refractivity contribution >= 4 is 11.8 Å². The van der Waals surface area contributed by atoms with Gasteiger partial charge < -0.3 is 10.2 Å². The van der Waals surface area contributed by atoms with E-state index in [2.05, 4.69) is 5.32 Å². The van der Waals surface area contributed by atoms with Gasteiger partial charge in [-0.05, 0) is 32.1 Å². The van der Waals surface area contributed by atoms with Gasteiger partial charge >= 0.3 is 0 Å². The number of carbonyl (C=O) groups excluding carboxylic acids is 2. The average molecular weight is 291 g/mol. The summed E-state index contributed by atoms with van der Waals surface area (Å²) in [7, 11) is 7.11. The molecule has 0 aliphatic carbocycles. The van der Waals surface area contributed by atoms with Crippen LogP contribution in [-0.4, -0.2) is 56.3 Å². The summed E-state index contributed by atoms with van der Waals surface area (Å²) in [5, 5.41) is 2.56. The Balaban J connectivity index is 2.88. The molecule has 0 heterocycles. The smallest absolute Gasteiger partial charge is 0.244 e. The normalized spacial score (nSPS) is 12.1. The lowest BCUT2D eigenvalue weighted by molar-refractivity contribution is -0.135. The van der Waals surface area contributed by atoms with E-state index in [1.54, 1.807) is 19.0 Å². The zero-order chi connectivity index (χ0) is 16.0. The van der Waals surface area contributed by atoms with Crippen molar-refractivity contribution in [1.29, 1.82) is 0 Å². The number of nitrogens with zero attached hydrogens (tertiary/aromatic N) is 2. The third kappa shape index (κ3) is 4.56. The maximum atomic E-state index is 12.7. The summed E-state index contributed by atoms with van der Waals surface area (Å²) in [6.45, 7) is 2.42. The van der Waals surface area contributed by atoms with Crippen molar-refractivity contribution in [3.63, 3.8) is 0 Å². The van der Waals surface area contributed by atoms with Gasteiger partial charge in [0, 0.05) is 27.1 Å². The van der Waals surface area contributed by atoms with E-state index in [1.165, 1.54) is 0 Å². The van der Waals surface area contributed by atoms with Crippen LogP contribution in [0.15, 0.2) is 24.3 Å². The lowest BCUT2D eigenvalue weighted by Crippen LogP contribution is -2.40. The van der Waals surface area contributed by atoms with E-state index >= 15 is 0 Å². The van der Waals surface area contributed by atoms with E-state index in [0.717, 1.165) is 11.1 Å². The Morgan fingerprint density at radius 1 is 1.19 bits per heavy atom. The third-order valence-corrected chi connectivity index (χ3v) is 3.56. The van der Waals surface area contributed by atoms with Crippen molar-refractivity contribution in [1.82, 2.24) is 15.1 Å². The highest BCUT2D eigenvalue weighted by atomic mass is 16.2. The van der Waals surface area contributed by atoms with E-state index in [1.807, 2.05) is 50.2 Å². The Hall–Kier alpha value is -1.88. The van der Waals surface area contributed by atoms with Crippen LogP contribution >= 0.6 is 0 Å². The third-order valence-electron chi connectivity index (χ3n) is 3.56. The van der Waals surface area contributed by atoms with Crippen molar-refractivity contribution < 1.29 is 9.59 Å². The van der Waals surface area contributed by atoms with Crippen LogP contribution in [0.25, 0.3) is 0 Å². The highest BCUT2D eigenvalue weighted by Crippen LogP contribution is 2.23. The summed E-state index contributed by atoms with van der Waals surface area (Å²) < 4.78 is 0. The Bertz CT molecular complexity index is 500. The second-order valence-electron chi connectivity index (χ2n) is 5.41. The molecule has 1 atom stereocenters. The summed E-state index contributed by atoms with van der Waals surface area (Å²) >= 11 is 0. The number of benzene rings is 1. The molecule has 2 amide bonds. The minimum absolute atomic E-state index is 0.00166. The monoisotopic (exact) mass is 291 g/mol. The molecule has 1 aromatic carbocycles. The first-order valence-corrected chi connectivity index (χ1v) is 7.06. The number of rotatable bonds is 6. The maximum absolute atomic E-state index is 12.7. The molecule has 0 bridgehead atoms. The van der Waals surface area contributed by atoms with Crippen molar-refractivity contribution in [3.05, 3.63) is 35.4 Å². The molecule has 21 heavy (non-hydrogen) atoms. The van der Waals surface area contributed by atoms with Crippen molar-refractivity contribution in [2.24, 2.45) is 0 Å². The Kier molecular flexibility index (Phi) is 6.37. The minimum Gasteiger partial charge on any atom is -0.359 e. The van der Waals surface area contributed by atoms with Gasteiger partial charge in [0.2, 0.25) is 11.8 Å². The largest absolute Gasteiger partial charge is 0.359 e. The molecule has 0 radical (unpaired) electrons. The molecular formula is C16H25N3O2. The maximum Gasteiger partial charge on any atom is 0.244 e. The quantitative estimate of drug-likeness (QED) is 0.856. The van der Waals surface area contributed by atoms with Crippen LogP contribution in [0.2, 0.25) is 0 Å². The molecule has 1 aromatic rings. The molecule has 0 saturated carbocycles. The standard InChI is InChI=1S/C16H25N3O2/c1-12-8-6-7-9-13(12)15(18(3)4)16(21)19(5)11-10-14(20)17-2/h6-9,15H,10-11H2,1-5H3,(H,17,20). The van der Waals surface area contributed by atoms with E-state index < -0.39 is 0 Å². The molecule has 0 aromatic heterocycles. The SMILES string of the molecule is CNC(=O)CCN(C)C(=O)C(c1ccccc1C)N(C)C. The fraction of sp³-hybridized carbons (Fsp3) is 0.500. The number of aryl methyl sites for hydroxylation is 1. The molecule has 1 unspecified atom stereocenters. The summed E-state index contributed by atoms with van der Waals surface area (Å²) in [5.74, 6) is -0.0647. The van der Waals surface area contributed by atoms with Crippen molar-refractivity contribution in [2.45, 2.75) is 19.4 Å². The first-order valence-electron chi connectivity index (χ1n) is 7.06. The van der Waals surface area contributed by atoms with E-state index in [0.29, 0.717) is 13.0 Å². The number of carbonyl (C=O) groups is 2. The van der Waals surface area contributed by atoms with Crippen LogP contribution in [0.1, 0.15) is 23.6 Å². The highest BCUT2D eigenvalue weighted by Gasteiger charge is 2.27. The van der Waals surface area contributed by atoms with Gasteiger partial charge in [-0.2, -0.15) is 0 Å². The predicted molar refractivity (Wildman–Crippen MR) is 83.9 cm³/mol. The van der Waals surface area contributed by atoms with Gasteiger partial charge in [0.15, 0.2) is 0 Å². The number of nitrogens with one attached hydrogen (secondary N) is 1. The first-order chi connectivity index (χ1) is 9.88. The summed E-state index contributed by atoms with van der Waals surface area (Å²) in [4.78, 5) is 27.5. The second kappa shape index (κ2) is 7.78. The van der Waals surface area contributed by atoms with Crippen LogP contribution in [0.5, 0.6) is 0 Å². The predicted octanol–water partition coefficient (Wildman–Crippen LogP) is 1.19. The van der Waals surface area contributed by atoms with Gasteiger partial charge in [-0.25, -0.2) is 0 Å². The second-order valence-corrected chi connectivity index (χ2v) is 5.41. The molecule has 5 nitrogen and oxygen atoms in total.